The molecule has 7 nitrogen and oxygen atoms in total. The Morgan fingerprint density at radius 1 is 1.31 bits per heavy atom. The molecular weight excluding hydrogens is 460 g/mol. The van der Waals surface area contributed by atoms with Gasteiger partial charge in [-0.3, -0.25) is 9.59 Å². The zero-order valence-electron chi connectivity index (χ0n) is 22.6. The number of anilines is 1. The molecule has 8 heteroatoms. The third kappa shape index (κ3) is 5.44. The van der Waals surface area contributed by atoms with E-state index in [2.05, 4.69) is 47.0 Å². The Morgan fingerprint density at radius 2 is 1.97 bits per heavy atom. The van der Waals surface area contributed by atoms with Crippen molar-refractivity contribution in [2.24, 2.45) is 28.6 Å². The summed E-state index contributed by atoms with van der Waals surface area (Å²) in [5.41, 5.74) is 0.917. The highest BCUT2D eigenvalue weighted by Crippen LogP contribution is 2.57. The number of hydrogen-bond donors (Lipinski definition) is 3. The number of nitrogens with one attached hydrogen (secondary N) is 2. The largest absolute Gasteiger partial charge is 0.392 e. The lowest BCUT2D eigenvalue weighted by molar-refractivity contribution is -0.883. The molecule has 0 unspecified atom stereocenters. The number of thiazole rings is 1. The smallest absolute Gasteiger partial charge is 0.226 e. The fraction of sp³-hybridized carbons (Fsp3) is 0.815. The fourth-order valence-electron chi connectivity index (χ4n) is 6.83. The first kappa shape index (κ1) is 26.6. The first-order valence-corrected chi connectivity index (χ1v) is 14.2. The van der Waals surface area contributed by atoms with Crippen molar-refractivity contribution in [3.05, 3.63) is 10.6 Å². The molecule has 4 rings (SSSR count). The summed E-state index contributed by atoms with van der Waals surface area (Å²) >= 11 is 1.59. The summed E-state index contributed by atoms with van der Waals surface area (Å²) in [5, 5.41) is 15.4. The van der Waals surface area contributed by atoms with Crippen LogP contribution in [-0.2, 0) is 16.0 Å². The second-order valence-corrected chi connectivity index (χ2v) is 14.1. The van der Waals surface area contributed by atoms with E-state index in [1.54, 1.807) is 11.3 Å². The summed E-state index contributed by atoms with van der Waals surface area (Å²) in [6.45, 7) is 16.3. The molecule has 1 aliphatic heterocycles. The lowest BCUT2D eigenvalue weighted by Gasteiger charge is -2.53. The van der Waals surface area contributed by atoms with E-state index in [4.69, 9.17) is 4.98 Å². The molecule has 1 saturated carbocycles. The van der Waals surface area contributed by atoms with Crippen molar-refractivity contribution in [3.8, 4) is 0 Å². The van der Waals surface area contributed by atoms with Gasteiger partial charge in [-0.15, -0.1) is 11.3 Å². The van der Waals surface area contributed by atoms with E-state index in [1.807, 2.05) is 11.8 Å². The number of amides is 2. The van der Waals surface area contributed by atoms with Crippen molar-refractivity contribution in [1.29, 1.82) is 0 Å². The number of piperazine rings is 1. The molecule has 196 valence electrons. The topological polar surface area (TPSA) is 87.0 Å². The number of aliphatic hydroxyl groups is 1. The van der Waals surface area contributed by atoms with Crippen molar-refractivity contribution in [3.63, 3.8) is 0 Å². The van der Waals surface area contributed by atoms with Gasteiger partial charge in [-0.05, 0) is 41.9 Å². The first-order valence-electron chi connectivity index (χ1n) is 13.4. The zero-order chi connectivity index (χ0) is 25.7. The quantitative estimate of drug-likeness (QED) is 0.587. The van der Waals surface area contributed by atoms with Gasteiger partial charge in [0.1, 0.15) is 0 Å². The minimum absolute atomic E-state index is 0.00202. The van der Waals surface area contributed by atoms with Crippen LogP contribution < -0.4 is 10.2 Å². The summed E-state index contributed by atoms with van der Waals surface area (Å²) in [6.07, 6.45) is 2.66. The van der Waals surface area contributed by atoms with E-state index >= 15 is 0 Å². The number of fused-ring (bicyclic) bond motifs is 2. The molecule has 3 N–H and O–H groups in total. The molecule has 1 saturated heterocycles. The molecule has 0 radical (unpaired) electrons. The number of likely N-dealkylation sites (N-methyl/N-ethyl adjacent to an activating group) is 1. The van der Waals surface area contributed by atoms with Gasteiger partial charge in [0.25, 0.3) is 0 Å². The van der Waals surface area contributed by atoms with Crippen molar-refractivity contribution < 1.29 is 19.6 Å². The van der Waals surface area contributed by atoms with Crippen LogP contribution in [0.2, 0.25) is 0 Å². The SMILES string of the molecule is C[C@H](C(=O)N1CC[NH+](C)CC1)[C@H]1CC[C@@]2(C)Cc3sc(NC(=O)CC(C)(C)C)nc3[C@@H](C)[C@@H]2[C@H]1O. The standard InChI is InChI=1S/C27H44N4O3S/c1-16(24(34)31-12-10-30(7)11-13-31)18-8-9-27(6)14-19-22(17(2)21(27)23(18)33)29-25(35-19)28-20(32)15-26(3,4)5/h16-18,21,23,33H,8-15H2,1-7H3,(H,28,29,32)/p+1/t16-,17-,18+,21+,23-,27-/m0/s1. The minimum Gasteiger partial charge on any atom is -0.392 e. The Bertz CT molecular complexity index is 949. The highest BCUT2D eigenvalue weighted by molar-refractivity contribution is 7.15. The molecule has 2 aliphatic carbocycles. The van der Waals surface area contributed by atoms with Crippen LogP contribution in [0.15, 0.2) is 0 Å². The average molecular weight is 506 g/mol. The molecule has 0 bridgehead atoms. The van der Waals surface area contributed by atoms with Gasteiger partial charge in [0.15, 0.2) is 5.13 Å². The number of hydrogen-bond acceptors (Lipinski definition) is 5. The van der Waals surface area contributed by atoms with E-state index in [0.717, 1.165) is 51.1 Å². The van der Waals surface area contributed by atoms with Gasteiger partial charge < -0.3 is 20.2 Å². The van der Waals surface area contributed by atoms with Crippen molar-refractivity contribution in [2.45, 2.75) is 79.2 Å². The second kappa shape index (κ2) is 9.75. The minimum atomic E-state index is -0.533. The number of nitrogens with zero attached hydrogens (tertiary/aromatic N) is 2. The Kier molecular flexibility index (Phi) is 7.39. The predicted octanol–water partition coefficient (Wildman–Crippen LogP) is 2.56. The summed E-state index contributed by atoms with van der Waals surface area (Å²) in [4.78, 5) is 35.4. The van der Waals surface area contributed by atoms with Gasteiger partial charge in [0.05, 0.1) is 45.0 Å². The maximum absolute atomic E-state index is 13.3. The predicted molar refractivity (Wildman–Crippen MR) is 140 cm³/mol. The maximum Gasteiger partial charge on any atom is 0.226 e. The Labute approximate surface area is 214 Å². The van der Waals surface area contributed by atoms with Crippen LogP contribution in [0.3, 0.4) is 0 Å². The molecule has 2 amide bonds. The van der Waals surface area contributed by atoms with E-state index in [-0.39, 0.29) is 46.3 Å². The molecular formula is C27H45N4O3S+. The summed E-state index contributed by atoms with van der Waals surface area (Å²) in [6, 6.07) is 0. The van der Waals surface area contributed by atoms with Crippen LogP contribution in [0.25, 0.3) is 0 Å². The number of carbonyl (C=O) groups excluding carboxylic acids is 2. The highest BCUT2D eigenvalue weighted by Gasteiger charge is 2.54. The number of carbonyl (C=O) groups is 2. The fourth-order valence-corrected chi connectivity index (χ4v) is 8.11. The van der Waals surface area contributed by atoms with Gasteiger partial charge in [0, 0.05) is 23.1 Å². The van der Waals surface area contributed by atoms with Crippen LogP contribution >= 0.6 is 11.3 Å². The van der Waals surface area contributed by atoms with Gasteiger partial charge in [-0.2, -0.15) is 0 Å². The molecule has 35 heavy (non-hydrogen) atoms. The average Bonchev–Trinajstić information content (AvgIpc) is 3.13. The normalized spacial score (nSPS) is 32.5. The molecule has 2 heterocycles. The maximum atomic E-state index is 13.3. The molecule has 3 aliphatic rings. The van der Waals surface area contributed by atoms with Crippen LogP contribution in [0.5, 0.6) is 0 Å². The van der Waals surface area contributed by atoms with Crippen LogP contribution in [0.1, 0.15) is 77.3 Å². The van der Waals surface area contributed by atoms with E-state index in [9.17, 15) is 14.7 Å². The van der Waals surface area contributed by atoms with Gasteiger partial charge in [-0.25, -0.2) is 4.98 Å². The van der Waals surface area contributed by atoms with Crippen molar-refractivity contribution >= 4 is 28.3 Å². The number of quaternary nitrogens is 1. The van der Waals surface area contributed by atoms with Gasteiger partial charge in [-0.1, -0.05) is 41.5 Å². The lowest BCUT2D eigenvalue weighted by Crippen LogP contribution is -3.12. The molecule has 1 aromatic rings. The third-order valence-electron chi connectivity index (χ3n) is 8.82. The summed E-state index contributed by atoms with van der Waals surface area (Å²) < 4.78 is 0. The summed E-state index contributed by atoms with van der Waals surface area (Å²) in [7, 11) is 2.18. The Balaban J connectivity index is 1.49. The van der Waals surface area contributed by atoms with Crippen LogP contribution in [0, 0.1) is 28.6 Å². The number of aromatic nitrogens is 1. The van der Waals surface area contributed by atoms with Crippen molar-refractivity contribution in [1.82, 2.24) is 9.88 Å². The van der Waals surface area contributed by atoms with Crippen LogP contribution in [-0.4, -0.2) is 66.1 Å². The van der Waals surface area contributed by atoms with E-state index in [1.165, 1.54) is 9.78 Å². The second-order valence-electron chi connectivity index (χ2n) is 13.0. The zero-order valence-corrected chi connectivity index (χ0v) is 23.4. The first-order chi connectivity index (χ1) is 16.3. The monoisotopic (exact) mass is 505 g/mol. The number of rotatable bonds is 4. The van der Waals surface area contributed by atoms with E-state index < -0.39 is 6.10 Å². The van der Waals surface area contributed by atoms with Gasteiger partial charge in [0.2, 0.25) is 11.8 Å². The number of aliphatic hydroxyl groups excluding tert-OH is 1. The Hall–Kier alpha value is -1.51. The molecule has 0 aromatic carbocycles. The molecule has 0 spiro atoms. The molecule has 6 atom stereocenters. The lowest BCUT2D eigenvalue weighted by atomic mass is 9.53. The van der Waals surface area contributed by atoms with E-state index in [0.29, 0.717) is 11.6 Å². The highest BCUT2D eigenvalue weighted by atomic mass is 32.1. The van der Waals surface area contributed by atoms with Gasteiger partial charge >= 0.3 is 0 Å². The summed E-state index contributed by atoms with van der Waals surface area (Å²) in [5.74, 6) is 0.136. The van der Waals surface area contributed by atoms with Crippen molar-refractivity contribution in [2.75, 3.05) is 38.5 Å². The third-order valence-corrected chi connectivity index (χ3v) is 9.81. The van der Waals surface area contributed by atoms with Crippen LogP contribution in [0.4, 0.5) is 5.13 Å². The molecule has 1 aromatic heterocycles. The Morgan fingerprint density at radius 3 is 2.60 bits per heavy atom. The molecule has 2 fully saturated rings.